The summed E-state index contributed by atoms with van der Waals surface area (Å²) in [6.45, 7) is 1.77. The predicted molar refractivity (Wildman–Crippen MR) is 57.2 cm³/mol. The Labute approximate surface area is 86.1 Å². The monoisotopic (exact) mass is 202 g/mol. The third-order valence-electron chi connectivity index (χ3n) is 2.19. The first-order valence-corrected chi connectivity index (χ1v) is 4.42. The lowest BCUT2D eigenvalue weighted by atomic mass is 10.1. The average molecular weight is 202 g/mol. The van der Waals surface area contributed by atoms with Gasteiger partial charge in [0.15, 0.2) is 0 Å². The number of primary amides is 1. The molecule has 5 nitrogen and oxygen atoms in total. The maximum absolute atomic E-state index is 11.2. The Morgan fingerprint density at radius 2 is 2.07 bits per heavy atom. The molecule has 0 saturated carbocycles. The van der Waals surface area contributed by atoms with Crippen LogP contribution in [0.2, 0.25) is 0 Å². The van der Waals surface area contributed by atoms with Crippen LogP contribution in [0.5, 0.6) is 0 Å². The van der Waals surface area contributed by atoms with Gasteiger partial charge in [-0.05, 0) is 19.1 Å². The molecule has 4 N–H and O–H groups in total. The molecule has 1 aromatic heterocycles. The highest BCUT2D eigenvalue weighted by molar-refractivity contribution is 6.06. The number of benzene rings is 1. The van der Waals surface area contributed by atoms with Gasteiger partial charge in [0.2, 0.25) is 11.9 Å². The van der Waals surface area contributed by atoms with E-state index in [2.05, 4.69) is 9.97 Å². The quantitative estimate of drug-likeness (QED) is 0.708. The third-order valence-corrected chi connectivity index (χ3v) is 2.19. The summed E-state index contributed by atoms with van der Waals surface area (Å²) in [4.78, 5) is 19.2. The molecule has 0 aliphatic rings. The van der Waals surface area contributed by atoms with Gasteiger partial charge in [-0.3, -0.25) is 4.79 Å². The number of aromatic nitrogens is 2. The van der Waals surface area contributed by atoms with Crippen LogP contribution in [0.3, 0.4) is 0 Å². The van der Waals surface area contributed by atoms with Gasteiger partial charge in [0.1, 0.15) is 0 Å². The fourth-order valence-corrected chi connectivity index (χ4v) is 1.60. The van der Waals surface area contributed by atoms with Crippen LogP contribution in [0.4, 0.5) is 5.95 Å². The number of nitrogens with two attached hydrogens (primary N) is 2. The van der Waals surface area contributed by atoms with Crippen molar-refractivity contribution in [2.45, 2.75) is 6.92 Å². The predicted octanol–water partition coefficient (Wildman–Crippen LogP) is 0.619. The lowest BCUT2D eigenvalue weighted by molar-refractivity contribution is 0.100. The van der Waals surface area contributed by atoms with Crippen molar-refractivity contribution in [1.82, 2.24) is 9.97 Å². The molecule has 0 saturated heterocycles. The second kappa shape index (κ2) is 3.20. The summed E-state index contributed by atoms with van der Waals surface area (Å²) in [5, 5.41) is 0.666. The smallest absolute Gasteiger partial charge is 0.249 e. The Kier molecular flexibility index (Phi) is 2.00. The van der Waals surface area contributed by atoms with Crippen LogP contribution in [0.1, 0.15) is 16.1 Å². The van der Waals surface area contributed by atoms with Crippen molar-refractivity contribution in [3.8, 4) is 0 Å². The molecule has 1 amide bonds. The van der Waals surface area contributed by atoms with Gasteiger partial charge in [-0.1, -0.05) is 6.07 Å². The number of carbonyl (C=O) groups is 1. The van der Waals surface area contributed by atoms with Crippen LogP contribution >= 0.6 is 0 Å². The van der Waals surface area contributed by atoms with Crippen LogP contribution in [-0.4, -0.2) is 15.9 Å². The van der Waals surface area contributed by atoms with E-state index in [4.69, 9.17) is 11.5 Å². The fourth-order valence-electron chi connectivity index (χ4n) is 1.60. The van der Waals surface area contributed by atoms with E-state index in [-0.39, 0.29) is 5.95 Å². The van der Waals surface area contributed by atoms with Gasteiger partial charge < -0.3 is 11.5 Å². The van der Waals surface area contributed by atoms with Crippen molar-refractivity contribution in [3.63, 3.8) is 0 Å². The van der Waals surface area contributed by atoms with E-state index in [0.717, 1.165) is 0 Å². The van der Waals surface area contributed by atoms with E-state index in [9.17, 15) is 4.79 Å². The lowest BCUT2D eigenvalue weighted by Crippen LogP contribution is -2.12. The van der Waals surface area contributed by atoms with Gasteiger partial charge in [-0.25, -0.2) is 9.97 Å². The molecule has 5 heteroatoms. The second-order valence-corrected chi connectivity index (χ2v) is 3.23. The number of hydrogen-bond acceptors (Lipinski definition) is 4. The largest absolute Gasteiger partial charge is 0.368 e. The summed E-state index contributed by atoms with van der Waals surface area (Å²) in [7, 11) is 0. The Balaban J connectivity index is 2.91. The molecule has 0 radical (unpaired) electrons. The summed E-state index contributed by atoms with van der Waals surface area (Å²) in [5.74, 6) is -0.293. The van der Waals surface area contributed by atoms with E-state index in [1.54, 1.807) is 25.1 Å². The van der Waals surface area contributed by atoms with Crippen molar-refractivity contribution >= 4 is 22.8 Å². The lowest BCUT2D eigenvalue weighted by Gasteiger charge is -2.05. The molecule has 2 rings (SSSR count). The number of aryl methyl sites for hydroxylation is 1. The molecule has 0 aliphatic carbocycles. The first kappa shape index (κ1) is 9.39. The highest BCUT2D eigenvalue weighted by Gasteiger charge is 2.10. The van der Waals surface area contributed by atoms with Crippen LogP contribution in [0, 0.1) is 6.92 Å². The highest BCUT2D eigenvalue weighted by atomic mass is 16.1. The average Bonchev–Trinajstić information content (AvgIpc) is 2.16. The van der Waals surface area contributed by atoms with E-state index >= 15 is 0 Å². The highest BCUT2D eigenvalue weighted by Crippen LogP contribution is 2.20. The maximum Gasteiger partial charge on any atom is 0.249 e. The van der Waals surface area contributed by atoms with Gasteiger partial charge in [0, 0.05) is 5.39 Å². The van der Waals surface area contributed by atoms with Crippen LogP contribution in [-0.2, 0) is 0 Å². The first-order chi connectivity index (χ1) is 7.09. The first-order valence-electron chi connectivity index (χ1n) is 4.42. The minimum atomic E-state index is -0.489. The molecule has 0 unspecified atom stereocenters. The van der Waals surface area contributed by atoms with E-state index in [1.807, 2.05) is 0 Å². The Hall–Kier alpha value is -2.17. The molecule has 0 bridgehead atoms. The summed E-state index contributed by atoms with van der Waals surface area (Å²) in [6.07, 6.45) is 0. The summed E-state index contributed by atoms with van der Waals surface area (Å²) >= 11 is 0. The van der Waals surface area contributed by atoms with Gasteiger partial charge in [-0.2, -0.15) is 0 Å². The van der Waals surface area contributed by atoms with E-state index < -0.39 is 5.91 Å². The number of anilines is 1. The number of nitrogens with zero attached hydrogens (tertiary/aromatic N) is 2. The van der Waals surface area contributed by atoms with Crippen LogP contribution in [0.15, 0.2) is 18.2 Å². The van der Waals surface area contributed by atoms with Crippen molar-refractivity contribution in [2.24, 2.45) is 5.73 Å². The molecule has 1 aromatic carbocycles. The van der Waals surface area contributed by atoms with Gasteiger partial charge in [-0.15, -0.1) is 0 Å². The van der Waals surface area contributed by atoms with Gasteiger partial charge in [0.25, 0.3) is 0 Å². The number of amides is 1. The molecule has 0 spiro atoms. The van der Waals surface area contributed by atoms with Crippen LogP contribution < -0.4 is 11.5 Å². The number of fused-ring (bicyclic) bond motifs is 1. The zero-order valence-corrected chi connectivity index (χ0v) is 8.19. The van der Waals surface area contributed by atoms with Gasteiger partial charge in [0.05, 0.1) is 16.8 Å². The van der Waals surface area contributed by atoms with E-state index in [1.165, 1.54) is 0 Å². The second-order valence-electron chi connectivity index (χ2n) is 3.23. The van der Waals surface area contributed by atoms with Crippen molar-refractivity contribution in [2.75, 3.05) is 5.73 Å². The van der Waals surface area contributed by atoms with E-state index in [0.29, 0.717) is 22.2 Å². The fraction of sp³-hybridized carbons (Fsp3) is 0.100. The molecule has 0 aliphatic heterocycles. The number of hydrogen-bond donors (Lipinski definition) is 2. The van der Waals surface area contributed by atoms with Gasteiger partial charge >= 0.3 is 0 Å². The number of nitrogen functional groups attached to an aromatic ring is 1. The zero-order valence-electron chi connectivity index (χ0n) is 8.19. The standard InChI is InChI=1S/C10H10N4O/c1-5-8-6(9(11)15)3-2-4-7(8)14-10(12)13-5/h2-4H,1H3,(H2,11,15)(H2,12,13,14). The Morgan fingerprint density at radius 3 is 2.73 bits per heavy atom. The topological polar surface area (TPSA) is 94.9 Å². The summed E-state index contributed by atoms with van der Waals surface area (Å²) in [5.41, 5.74) is 12.5. The SMILES string of the molecule is Cc1nc(N)nc2cccc(C(N)=O)c12. The minimum Gasteiger partial charge on any atom is -0.368 e. The Morgan fingerprint density at radius 1 is 1.33 bits per heavy atom. The summed E-state index contributed by atoms with van der Waals surface area (Å²) in [6, 6.07) is 5.14. The van der Waals surface area contributed by atoms with Crippen molar-refractivity contribution < 1.29 is 4.79 Å². The summed E-state index contributed by atoms with van der Waals surface area (Å²) < 4.78 is 0. The molecule has 1 heterocycles. The number of carbonyl (C=O) groups excluding carboxylic acids is 1. The molecular formula is C10H10N4O. The normalized spacial score (nSPS) is 10.5. The Bertz CT molecular complexity index is 550. The third kappa shape index (κ3) is 1.48. The minimum absolute atomic E-state index is 0.196. The molecule has 0 fully saturated rings. The molecule has 2 aromatic rings. The zero-order chi connectivity index (χ0) is 11.0. The maximum atomic E-state index is 11.2. The molecule has 76 valence electrons. The van der Waals surface area contributed by atoms with Crippen molar-refractivity contribution in [1.29, 1.82) is 0 Å². The molecular weight excluding hydrogens is 192 g/mol. The molecule has 0 atom stereocenters. The van der Waals surface area contributed by atoms with Crippen LogP contribution in [0.25, 0.3) is 10.9 Å². The van der Waals surface area contributed by atoms with Crippen molar-refractivity contribution in [3.05, 3.63) is 29.5 Å². The number of rotatable bonds is 1. The molecule has 15 heavy (non-hydrogen) atoms.